The fraction of sp³-hybridized carbons (Fsp3) is 0.357. The average Bonchev–Trinajstić information content (AvgIpc) is 2.47. The van der Waals surface area contributed by atoms with Gasteiger partial charge < -0.3 is 9.80 Å². The number of nitrogens with zero attached hydrogens (tertiary/aromatic N) is 4. The Morgan fingerprint density at radius 2 is 2.05 bits per heavy atom. The van der Waals surface area contributed by atoms with E-state index in [9.17, 15) is 10.1 Å². The summed E-state index contributed by atoms with van der Waals surface area (Å²) in [7, 11) is 2.07. The second-order valence-electron chi connectivity index (χ2n) is 5.17. The number of hydrogen-bond acceptors (Lipinski definition) is 5. The van der Waals surface area contributed by atoms with Crippen LogP contribution in [0.2, 0.25) is 5.02 Å². The van der Waals surface area contributed by atoms with E-state index in [0.717, 1.165) is 31.9 Å². The van der Waals surface area contributed by atoms with Crippen LogP contribution in [0.5, 0.6) is 0 Å². The Bertz CT molecular complexity index is 699. The van der Waals surface area contributed by atoms with Crippen LogP contribution >= 0.6 is 11.6 Å². The number of hydrogen-bond donors (Lipinski definition) is 0. The number of non-ortho nitro benzene ring substituents is 1. The Morgan fingerprint density at radius 1 is 1.33 bits per heavy atom. The van der Waals surface area contributed by atoms with Gasteiger partial charge in [-0.15, -0.1) is 0 Å². The molecule has 1 saturated heterocycles. The Morgan fingerprint density at radius 3 is 2.71 bits per heavy atom. The van der Waals surface area contributed by atoms with Crippen molar-refractivity contribution in [2.75, 3.05) is 38.1 Å². The zero-order chi connectivity index (χ0) is 15.0. The fourth-order valence-electron chi connectivity index (χ4n) is 2.66. The third-order valence-electron chi connectivity index (χ3n) is 3.81. The van der Waals surface area contributed by atoms with E-state index >= 15 is 0 Å². The number of piperazine rings is 1. The molecule has 6 nitrogen and oxygen atoms in total. The number of fused-ring (bicyclic) bond motifs is 1. The standard InChI is InChI=1S/C14H15ClN4O2/c1-17-5-7-18(8-6-17)14-11(15)9-12(19(20)21)10-3-2-4-16-13(10)14/h2-4,9H,5-8H2,1H3. The molecule has 2 aromatic rings. The van der Waals surface area contributed by atoms with Crippen LogP contribution in [0, 0.1) is 10.1 Å². The van der Waals surface area contributed by atoms with E-state index in [-0.39, 0.29) is 5.69 Å². The molecule has 21 heavy (non-hydrogen) atoms. The number of nitro groups is 1. The first-order valence-electron chi connectivity index (χ1n) is 6.73. The van der Waals surface area contributed by atoms with Gasteiger partial charge >= 0.3 is 0 Å². The number of anilines is 1. The van der Waals surface area contributed by atoms with E-state index in [1.165, 1.54) is 6.07 Å². The summed E-state index contributed by atoms with van der Waals surface area (Å²) in [4.78, 5) is 19.5. The van der Waals surface area contributed by atoms with Crippen molar-refractivity contribution in [1.29, 1.82) is 0 Å². The van der Waals surface area contributed by atoms with E-state index in [4.69, 9.17) is 11.6 Å². The normalized spacial score (nSPS) is 16.4. The monoisotopic (exact) mass is 306 g/mol. The molecule has 110 valence electrons. The zero-order valence-electron chi connectivity index (χ0n) is 11.6. The lowest BCUT2D eigenvalue weighted by Gasteiger charge is -2.34. The maximum Gasteiger partial charge on any atom is 0.280 e. The van der Waals surface area contributed by atoms with Crippen LogP contribution in [0.25, 0.3) is 10.9 Å². The molecular weight excluding hydrogens is 292 g/mol. The molecule has 1 aromatic heterocycles. The highest BCUT2D eigenvalue weighted by atomic mass is 35.5. The number of rotatable bonds is 2. The zero-order valence-corrected chi connectivity index (χ0v) is 12.4. The van der Waals surface area contributed by atoms with Crippen LogP contribution in [-0.2, 0) is 0 Å². The molecular formula is C14H15ClN4O2. The Kier molecular flexibility index (Phi) is 3.65. The van der Waals surface area contributed by atoms with Gasteiger partial charge in [0.15, 0.2) is 0 Å². The molecule has 2 heterocycles. The number of aromatic nitrogens is 1. The molecule has 0 radical (unpaired) electrons. The van der Waals surface area contributed by atoms with Crippen LogP contribution < -0.4 is 4.90 Å². The van der Waals surface area contributed by atoms with Crippen molar-refractivity contribution in [2.24, 2.45) is 0 Å². The van der Waals surface area contributed by atoms with Gasteiger partial charge in [0.1, 0.15) is 5.52 Å². The predicted molar refractivity (Wildman–Crippen MR) is 83.1 cm³/mol. The average molecular weight is 307 g/mol. The molecule has 0 N–H and O–H groups in total. The van der Waals surface area contributed by atoms with Crippen LogP contribution in [0.4, 0.5) is 11.4 Å². The molecule has 0 amide bonds. The molecule has 0 bridgehead atoms. The highest BCUT2D eigenvalue weighted by Crippen LogP contribution is 2.38. The summed E-state index contributed by atoms with van der Waals surface area (Å²) < 4.78 is 0. The molecule has 0 aliphatic carbocycles. The van der Waals surface area contributed by atoms with Crippen LogP contribution in [0.1, 0.15) is 0 Å². The third-order valence-corrected chi connectivity index (χ3v) is 4.10. The van der Waals surface area contributed by atoms with Crippen molar-refractivity contribution in [2.45, 2.75) is 0 Å². The second kappa shape index (κ2) is 5.46. The largest absolute Gasteiger partial charge is 0.366 e. The number of benzene rings is 1. The number of likely N-dealkylation sites (N-methyl/N-ethyl adjacent to an activating group) is 1. The van der Waals surface area contributed by atoms with Gasteiger partial charge in [0.25, 0.3) is 5.69 Å². The topological polar surface area (TPSA) is 62.5 Å². The van der Waals surface area contributed by atoms with E-state index < -0.39 is 4.92 Å². The van der Waals surface area contributed by atoms with Gasteiger partial charge in [0, 0.05) is 38.4 Å². The summed E-state index contributed by atoms with van der Waals surface area (Å²) in [6.07, 6.45) is 1.64. The first-order valence-corrected chi connectivity index (χ1v) is 7.11. The minimum absolute atomic E-state index is 0.000905. The van der Waals surface area contributed by atoms with Crippen LogP contribution in [0.3, 0.4) is 0 Å². The summed E-state index contributed by atoms with van der Waals surface area (Å²) in [5, 5.41) is 12.1. The van der Waals surface area contributed by atoms with Crippen molar-refractivity contribution in [3.8, 4) is 0 Å². The molecule has 1 aliphatic rings. The SMILES string of the molecule is CN1CCN(c2c(Cl)cc([N+](=O)[O-])c3cccnc23)CC1. The third kappa shape index (κ3) is 2.52. The number of nitro benzene ring substituents is 1. The van der Waals surface area contributed by atoms with Crippen molar-refractivity contribution in [3.63, 3.8) is 0 Å². The Labute approximate surface area is 127 Å². The van der Waals surface area contributed by atoms with Gasteiger partial charge in [-0.05, 0) is 19.2 Å². The molecule has 0 atom stereocenters. The van der Waals surface area contributed by atoms with E-state index in [0.29, 0.717) is 15.9 Å². The highest BCUT2D eigenvalue weighted by Gasteiger charge is 2.24. The van der Waals surface area contributed by atoms with Crippen LogP contribution in [0.15, 0.2) is 24.4 Å². The van der Waals surface area contributed by atoms with Gasteiger partial charge in [0.05, 0.1) is 21.0 Å². The van der Waals surface area contributed by atoms with E-state index in [1.807, 2.05) is 0 Å². The van der Waals surface area contributed by atoms with Crippen molar-refractivity contribution in [1.82, 2.24) is 9.88 Å². The lowest BCUT2D eigenvalue weighted by atomic mass is 10.1. The minimum Gasteiger partial charge on any atom is -0.366 e. The van der Waals surface area contributed by atoms with E-state index in [1.54, 1.807) is 18.3 Å². The van der Waals surface area contributed by atoms with Gasteiger partial charge in [-0.2, -0.15) is 0 Å². The Hall–Kier alpha value is -1.92. The lowest BCUT2D eigenvalue weighted by Crippen LogP contribution is -2.44. The molecule has 1 fully saturated rings. The summed E-state index contributed by atoms with van der Waals surface area (Å²) in [5.74, 6) is 0. The summed E-state index contributed by atoms with van der Waals surface area (Å²) in [6.45, 7) is 3.53. The van der Waals surface area contributed by atoms with Crippen molar-refractivity contribution < 1.29 is 4.92 Å². The fourth-order valence-corrected chi connectivity index (χ4v) is 2.97. The van der Waals surface area contributed by atoms with Gasteiger partial charge in [0.2, 0.25) is 0 Å². The van der Waals surface area contributed by atoms with Gasteiger partial charge in [-0.3, -0.25) is 15.1 Å². The number of halogens is 1. The van der Waals surface area contributed by atoms with Crippen LogP contribution in [-0.4, -0.2) is 48.0 Å². The second-order valence-corrected chi connectivity index (χ2v) is 5.58. The quantitative estimate of drug-likeness (QED) is 0.630. The summed E-state index contributed by atoms with van der Waals surface area (Å²) >= 11 is 6.32. The molecule has 0 spiro atoms. The number of pyridine rings is 1. The summed E-state index contributed by atoms with van der Waals surface area (Å²) in [6, 6.07) is 4.85. The molecule has 3 rings (SSSR count). The predicted octanol–water partition coefficient (Wildman–Crippen LogP) is 2.55. The molecule has 7 heteroatoms. The highest BCUT2D eigenvalue weighted by molar-refractivity contribution is 6.35. The maximum absolute atomic E-state index is 11.2. The van der Waals surface area contributed by atoms with E-state index in [2.05, 4.69) is 21.8 Å². The molecule has 0 saturated carbocycles. The van der Waals surface area contributed by atoms with Gasteiger partial charge in [-0.1, -0.05) is 11.6 Å². The molecule has 0 unspecified atom stereocenters. The Balaban J connectivity index is 2.17. The van der Waals surface area contributed by atoms with Crippen molar-refractivity contribution in [3.05, 3.63) is 39.5 Å². The van der Waals surface area contributed by atoms with Crippen molar-refractivity contribution >= 4 is 33.9 Å². The molecule has 1 aromatic carbocycles. The minimum atomic E-state index is -0.413. The first kappa shape index (κ1) is 14.0. The summed E-state index contributed by atoms with van der Waals surface area (Å²) in [5.41, 5.74) is 1.40. The smallest absolute Gasteiger partial charge is 0.280 e. The molecule has 1 aliphatic heterocycles. The maximum atomic E-state index is 11.2. The van der Waals surface area contributed by atoms with Gasteiger partial charge in [-0.25, -0.2) is 0 Å². The lowest BCUT2D eigenvalue weighted by molar-refractivity contribution is -0.383. The first-order chi connectivity index (χ1) is 10.1.